The molecule has 0 bridgehead atoms. The summed E-state index contributed by atoms with van der Waals surface area (Å²) in [5.74, 6) is 1.41. The molecule has 3 rings (SSSR count). The molecule has 0 spiro atoms. The molecule has 1 atom stereocenters. The molecule has 0 radical (unpaired) electrons. The van der Waals surface area contributed by atoms with Crippen molar-refractivity contribution >= 4 is 5.91 Å². The Morgan fingerprint density at radius 2 is 1.86 bits per heavy atom. The molecule has 0 fully saturated rings. The Morgan fingerprint density at radius 1 is 1.09 bits per heavy atom. The molecule has 1 N–H and O–H groups in total. The van der Waals surface area contributed by atoms with E-state index in [0.29, 0.717) is 5.56 Å². The molecule has 1 aliphatic heterocycles. The van der Waals surface area contributed by atoms with Crippen molar-refractivity contribution in [2.75, 3.05) is 6.79 Å². The van der Waals surface area contributed by atoms with Crippen LogP contribution in [0.2, 0.25) is 0 Å². The Balaban J connectivity index is 1.76. The van der Waals surface area contributed by atoms with E-state index in [4.69, 9.17) is 9.47 Å². The fourth-order valence-electron chi connectivity index (χ4n) is 2.61. The van der Waals surface area contributed by atoms with E-state index in [1.807, 2.05) is 57.2 Å². The van der Waals surface area contributed by atoms with E-state index in [0.717, 1.165) is 28.2 Å². The van der Waals surface area contributed by atoms with Gasteiger partial charge in [0.05, 0.1) is 6.04 Å². The summed E-state index contributed by atoms with van der Waals surface area (Å²) in [5.41, 5.74) is 3.83. The van der Waals surface area contributed by atoms with E-state index < -0.39 is 0 Å². The van der Waals surface area contributed by atoms with Crippen LogP contribution in [0, 0.1) is 13.8 Å². The van der Waals surface area contributed by atoms with Crippen molar-refractivity contribution in [3.8, 4) is 11.5 Å². The number of nitrogens with one attached hydrogen (secondary N) is 1. The lowest BCUT2D eigenvalue weighted by Gasteiger charge is -2.16. The predicted molar refractivity (Wildman–Crippen MR) is 84.4 cm³/mol. The Kier molecular flexibility index (Phi) is 3.75. The van der Waals surface area contributed by atoms with Gasteiger partial charge in [-0.25, -0.2) is 0 Å². The maximum Gasteiger partial charge on any atom is 0.252 e. The number of hydrogen-bond acceptors (Lipinski definition) is 3. The molecule has 114 valence electrons. The summed E-state index contributed by atoms with van der Waals surface area (Å²) in [6, 6.07) is 11.5. The lowest BCUT2D eigenvalue weighted by atomic mass is 10.0. The van der Waals surface area contributed by atoms with Crippen molar-refractivity contribution in [1.29, 1.82) is 0 Å². The van der Waals surface area contributed by atoms with Crippen LogP contribution in [0.3, 0.4) is 0 Å². The van der Waals surface area contributed by atoms with E-state index in [9.17, 15) is 4.79 Å². The number of hydrogen-bond donors (Lipinski definition) is 1. The molecule has 1 heterocycles. The number of carbonyl (C=O) groups is 1. The Morgan fingerprint density at radius 3 is 2.64 bits per heavy atom. The van der Waals surface area contributed by atoms with Crippen LogP contribution in [-0.2, 0) is 0 Å². The number of aryl methyl sites for hydroxylation is 2. The van der Waals surface area contributed by atoms with E-state index in [2.05, 4.69) is 5.32 Å². The summed E-state index contributed by atoms with van der Waals surface area (Å²) in [6.45, 7) is 6.18. The zero-order valence-electron chi connectivity index (χ0n) is 13.0. The van der Waals surface area contributed by atoms with Crippen LogP contribution < -0.4 is 14.8 Å². The molecule has 0 saturated heterocycles. The van der Waals surface area contributed by atoms with E-state index in [1.165, 1.54) is 0 Å². The SMILES string of the molecule is Cc1ccc(C(=O)NC(C)c2ccc3c(c2)OCO3)c(C)c1. The largest absolute Gasteiger partial charge is 0.454 e. The fraction of sp³-hybridized carbons (Fsp3) is 0.278. The second kappa shape index (κ2) is 5.72. The molecule has 2 aromatic rings. The fourth-order valence-corrected chi connectivity index (χ4v) is 2.61. The topological polar surface area (TPSA) is 47.6 Å². The molecule has 0 aliphatic carbocycles. The van der Waals surface area contributed by atoms with Gasteiger partial charge in [0.1, 0.15) is 0 Å². The summed E-state index contributed by atoms with van der Waals surface area (Å²) >= 11 is 0. The van der Waals surface area contributed by atoms with Crippen molar-refractivity contribution in [1.82, 2.24) is 5.32 Å². The minimum atomic E-state index is -0.109. The highest BCUT2D eigenvalue weighted by Crippen LogP contribution is 2.34. The number of carbonyl (C=O) groups excluding carboxylic acids is 1. The standard InChI is InChI=1S/C18H19NO3/c1-11-4-6-15(12(2)8-11)18(20)19-13(3)14-5-7-16-17(9-14)22-10-21-16/h4-9,13H,10H2,1-3H3,(H,19,20). The summed E-state index contributed by atoms with van der Waals surface area (Å²) < 4.78 is 10.7. The number of benzene rings is 2. The summed E-state index contributed by atoms with van der Waals surface area (Å²) in [6.07, 6.45) is 0. The summed E-state index contributed by atoms with van der Waals surface area (Å²) in [5, 5.41) is 3.03. The molecule has 1 aliphatic rings. The molecule has 0 aromatic heterocycles. The van der Waals surface area contributed by atoms with Gasteiger partial charge < -0.3 is 14.8 Å². The second-order valence-corrected chi connectivity index (χ2v) is 5.63. The average molecular weight is 297 g/mol. The number of rotatable bonds is 3. The van der Waals surface area contributed by atoms with Crippen molar-refractivity contribution in [2.24, 2.45) is 0 Å². The van der Waals surface area contributed by atoms with E-state index >= 15 is 0 Å². The number of amides is 1. The minimum Gasteiger partial charge on any atom is -0.454 e. The van der Waals surface area contributed by atoms with Crippen molar-refractivity contribution in [3.63, 3.8) is 0 Å². The van der Waals surface area contributed by atoms with E-state index in [1.54, 1.807) is 0 Å². The van der Waals surface area contributed by atoms with Crippen LogP contribution in [0.25, 0.3) is 0 Å². The molecular weight excluding hydrogens is 278 g/mol. The van der Waals surface area contributed by atoms with Crippen LogP contribution in [0.15, 0.2) is 36.4 Å². The lowest BCUT2D eigenvalue weighted by Crippen LogP contribution is -2.27. The van der Waals surface area contributed by atoms with Gasteiger partial charge in [-0.2, -0.15) is 0 Å². The highest BCUT2D eigenvalue weighted by atomic mass is 16.7. The van der Waals surface area contributed by atoms with Crippen molar-refractivity contribution in [3.05, 3.63) is 58.7 Å². The van der Waals surface area contributed by atoms with Crippen molar-refractivity contribution < 1.29 is 14.3 Å². The van der Waals surface area contributed by atoms with Crippen LogP contribution in [0.1, 0.15) is 40.0 Å². The molecule has 1 amide bonds. The van der Waals surface area contributed by atoms with Crippen LogP contribution in [0.5, 0.6) is 11.5 Å². The molecular formula is C18H19NO3. The molecule has 0 saturated carbocycles. The van der Waals surface area contributed by atoms with Crippen LogP contribution in [0.4, 0.5) is 0 Å². The van der Waals surface area contributed by atoms with Crippen LogP contribution in [-0.4, -0.2) is 12.7 Å². The van der Waals surface area contributed by atoms with Gasteiger partial charge in [-0.05, 0) is 50.1 Å². The minimum absolute atomic E-state index is 0.0670. The van der Waals surface area contributed by atoms with Crippen molar-refractivity contribution in [2.45, 2.75) is 26.8 Å². The lowest BCUT2D eigenvalue weighted by molar-refractivity contribution is 0.0939. The zero-order valence-corrected chi connectivity index (χ0v) is 13.0. The molecule has 4 nitrogen and oxygen atoms in total. The van der Waals surface area contributed by atoms with E-state index in [-0.39, 0.29) is 18.7 Å². The normalized spacial score (nSPS) is 13.8. The first-order valence-electron chi connectivity index (χ1n) is 7.32. The highest BCUT2D eigenvalue weighted by Gasteiger charge is 2.18. The first-order chi connectivity index (χ1) is 10.5. The van der Waals surface area contributed by atoms with Gasteiger partial charge >= 0.3 is 0 Å². The smallest absolute Gasteiger partial charge is 0.252 e. The number of ether oxygens (including phenoxy) is 2. The summed E-state index contributed by atoms with van der Waals surface area (Å²) in [7, 11) is 0. The maximum atomic E-state index is 12.4. The first kappa shape index (κ1) is 14.4. The monoisotopic (exact) mass is 297 g/mol. The molecule has 1 unspecified atom stereocenters. The molecule has 22 heavy (non-hydrogen) atoms. The average Bonchev–Trinajstić information content (AvgIpc) is 2.94. The Hall–Kier alpha value is -2.49. The third kappa shape index (κ3) is 2.77. The Labute approximate surface area is 130 Å². The third-order valence-electron chi connectivity index (χ3n) is 3.87. The first-order valence-corrected chi connectivity index (χ1v) is 7.32. The zero-order chi connectivity index (χ0) is 15.7. The quantitative estimate of drug-likeness (QED) is 0.943. The second-order valence-electron chi connectivity index (χ2n) is 5.63. The van der Waals surface area contributed by atoms with Gasteiger partial charge in [-0.1, -0.05) is 23.8 Å². The Bertz CT molecular complexity index is 724. The van der Waals surface area contributed by atoms with Gasteiger partial charge in [-0.15, -0.1) is 0 Å². The van der Waals surface area contributed by atoms with Crippen LogP contribution >= 0.6 is 0 Å². The molecule has 4 heteroatoms. The van der Waals surface area contributed by atoms with Gasteiger partial charge in [0.2, 0.25) is 6.79 Å². The predicted octanol–water partition coefficient (Wildman–Crippen LogP) is 3.52. The van der Waals surface area contributed by atoms with Gasteiger partial charge in [0.25, 0.3) is 5.91 Å². The number of fused-ring (bicyclic) bond motifs is 1. The van der Waals surface area contributed by atoms with Gasteiger partial charge in [0.15, 0.2) is 11.5 Å². The van der Waals surface area contributed by atoms with Gasteiger partial charge in [0, 0.05) is 5.56 Å². The maximum absolute atomic E-state index is 12.4. The third-order valence-corrected chi connectivity index (χ3v) is 3.87. The molecule has 2 aromatic carbocycles. The highest BCUT2D eigenvalue weighted by molar-refractivity contribution is 5.95. The summed E-state index contributed by atoms with van der Waals surface area (Å²) in [4.78, 5) is 12.4. The van der Waals surface area contributed by atoms with Gasteiger partial charge in [-0.3, -0.25) is 4.79 Å².